The van der Waals surface area contributed by atoms with Gasteiger partial charge in [-0.2, -0.15) is 8.42 Å². The zero-order chi connectivity index (χ0) is 40.2. The van der Waals surface area contributed by atoms with E-state index in [2.05, 4.69) is 53.7 Å². The molecule has 4 aromatic rings. The van der Waals surface area contributed by atoms with Crippen LogP contribution in [0.15, 0.2) is 72.8 Å². The van der Waals surface area contributed by atoms with Crippen LogP contribution in [0.5, 0.6) is 11.5 Å². The lowest BCUT2D eigenvalue weighted by molar-refractivity contribution is 0.403. The molecule has 2 saturated carbocycles. The number of anilines is 1. The van der Waals surface area contributed by atoms with E-state index in [0.717, 1.165) is 97.5 Å². The molecule has 8 heteroatoms. The van der Waals surface area contributed by atoms with Gasteiger partial charge in [-0.15, -0.1) is 3.97 Å². The third-order valence-electron chi connectivity index (χ3n) is 12.3. The molecule has 0 aromatic heterocycles. The minimum Gasteiger partial charge on any atom is -0.496 e. The van der Waals surface area contributed by atoms with Crippen molar-refractivity contribution in [2.45, 2.75) is 141 Å². The van der Waals surface area contributed by atoms with Crippen LogP contribution in [-0.4, -0.2) is 34.0 Å². The summed E-state index contributed by atoms with van der Waals surface area (Å²) >= 11 is 0. The van der Waals surface area contributed by atoms with Crippen LogP contribution in [0.2, 0.25) is 0 Å². The van der Waals surface area contributed by atoms with Gasteiger partial charge in [0.2, 0.25) is 7.49 Å². The number of hydrogen-bond acceptors (Lipinski definition) is 6. The van der Waals surface area contributed by atoms with E-state index in [9.17, 15) is 0 Å². The normalized spacial score (nSPS) is 16.2. The standard InChI is InChI=1S/C48H65NO5PS/c1-32(2)36-29-41(33(3)4)46(42(30-36)34(5)6)47-44(52-7)27-28-45(53-8)48(47)55(37-20-11-9-12-21-37,38-22-13-10-14-23-38)54-56(50,51)31-35-19-15-16-24-39(35)40-25-17-18-26-43(40)49/h15-19,24-30,32-34,37-38H,9-14,20-23,31,49H2,1-8H3/q+1. The number of para-hydroxylation sites is 1. The first-order valence-electron chi connectivity index (χ1n) is 21.0. The van der Waals surface area contributed by atoms with Gasteiger partial charge in [0, 0.05) is 11.3 Å². The third kappa shape index (κ3) is 8.57. The lowest BCUT2D eigenvalue weighted by Gasteiger charge is -2.42. The number of hydrogen-bond donors (Lipinski definition) is 1. The lowest BCUT2D eigenvalue weighted by Crippen LogP contribution is -2.39. The smallest absolute Gasteiger partial charge is 0.303 e. The van der Waals surface area contributed by atoms with E-state index >= 15 is 8.42 Å². The SMILES string of the molecule is COc1ccc(OC)c([P+](OS(=O)(=O)Cc2ccccc2-c2ccccc2N)(C2CCCCC2)C2CCCCC2)c1-c1c(C(C)C)cc(C(C)C)cc1C(C)C. The van der Waals surface area contributed by atoms with E-state index in [1.165, 1.54) is 16.7 Å². The van der Waals surface area contributed by atoms with Gasteiger partial charge in [-0.3, -0.25) is 0 Å². The maximum Gasteiger partial charge on any atom is 0.303 e. The predicted octanol–water partition coefficient (Wildman–Crippen LogP) is 12.8. The van der Waals surface area contributed by atoms with Crippen LogP contribution < -0.4 is 20.5 Å². The van der Waals surface area contributed by atoms with Crippen LogP contribution in [-0.2, 0) is 19.8 Å². The molecule has 6 rings (SSSR count). The molecule has 2 aliphatic rings. The molecule has 56 heavy (non-hydrogen) atoms. The Kier molecular flexibility index (Phi) is 13.6. The van der Waals surface area contributed by atoms with Gasteiger partial charge in [0.1, 0.15) is 22.8 Å². The second kappa shape index (κ2) is 18.0. The molecule has 0 amide bonds. The largest absolute Gasteiger partial charge is 0.496 e. The third-order valence-corrected chi connectivity index (χ3v) is 19.3. The fourth-order valence-corrected chi connectivity index (χ4v) is 17.8. The molecule has 0 bridgehead atoms. The summed E-state index contributed by atoms with van der Waals surface area (Å²) in [5.74, 6) is 1.95. The maximum absolute atomic E-state index is 15.3. The molecule has 2 fully saturated rings. The Morgan fingerprint density at radius 3 is 1.64 bits per heavy atom. The average molecular weight is 799 g/mol. The fraction of sp³-hybridized carbons (Fsp3) is 0.500. The minimum absolute atomic E-state index is 0.0637. The van der Waals surface area contributed by atoms with Crippen molar-refractivity contribution in [1.29, 1.82) is 0 Å². The summed E-state index contributed by atoms with van der Waals surface area (Å²) < 4.78 is 50.9. The molecule has 6 nitrogen and oxygen atoms in total. The van der Waals surface area contributed by atoms with Crippen molar-refractivity contribution in [3.63, 3.8) is 0 Å². The summed E-state index contributed by atoms with van der Waals surface area (Å²) in [5, 5.41) is 0.948. The van der Waals surface area contributed by atoms with Crippen molar-refractivity contribution < 1.29 is 21.9 Å². The highest BCUT2D eigenvalue weighted by molar-refractivity contribution is 7.96. The fourth-order valence-electron chi connectivity index (χ4n) is 9.53. The molecular formula is C48H65NO5PS+. The Balaban J connectivity index is 1.69. The zero-order valence-electron chi connectivity index (χ0n) is 35.1. The molecule has 2 aliphatic carbocycles. The second-order valence-electron chi connectivity index (χ2n) is 17.0. The highest BCUT2D eigenvalue weighted by Crippen LogP contribution is 2.75. The van der Waals surface area contributed by atoms with Gasteiger partial charge in [-0.05, 0) is 121 Å². The molecule has 0 aliphatic heterocycles. The molecule has 0 radical (unpaired) electrons. The monoisotopic (exact) mass is 798 g/mol. The number of nitrogen functional groups attached to an aromatic ring is 1. The molecular weight excluding hydrogens is 734 g/mol. The minimum atomic E-state index is -4.18. The van der Waals surface area contributed by atoms with Crippen molar-refractivity contribution in [3.05, 3.63) is 95.1 Å². The van der Waals surface area contributed by atoms with Gasteiger partial charge < -0.3 is 15.2 Å². The summed E-state index contributed by atoms with van der Waals surface area (Å²) in [4.78, 5) is 0. The van der Waals surface area contributed by atoms with Gasteiger partial charge in [0.25, 0.3) is 0 Å². The molecule has 302 valence electrons. The van der Waals surface area contributed by atoms with E-state index in [1.54, 1.807) is 14.2 Å². The van der Waals surface area contributed by atoms with E-state index < -0.39 is 17.6 Å². The van der Waals surface area contributed by atoms with Gasteiger partial charge in [0.05, 0.1) is 19.8 Å². The van der Waals surface area contributed by atoms with E-state index in [1.807, 2.05) is 60.7 Å². The van der Waals surface area contributed by atoms with E-state index in [0.29, 0.717) is 22.9 Å². The molecule has 0 atom stereocenters. The van der Waals surface area contributed by atoms with Crippen molar-refractivity contribution in [2.24, 2.45) is 0 Å². The lowest BCUT2D eigenvalue weighted by atomic mass is 9.81. The van der Waals surface area contributed by atoms with Gasteiger partial charge in [-0.25, -0.2) is 0 Å². The van der Waals surface area contributed by atoms with Gasteiger partial charge >= 0.3 is 10.1 Å². The van der Waals surface area contributed by atoms with Crippen LogP contribution in [0.3, 0.4) is 0 Å². The maximum atomic E-state index is 15.3. The Labute approximate surface area is 338 Å². The predicted molar refractivity (Wildman–Crippen MR) is 238 cm³/mol. The first kappa shape index (κ1) is 42.2. The Morgan fingerprint density at radius 2 is 1.14 bits per heavy atom. The topological polar surface area (TPSA) is 87.9 Å². The second-order valence-corrected chi connectivity index (χ2v) is 22.4. The van der Waals surface area contributed by atoms with Gasteiger partial charge in [0.15, 0.2) is 11.1 Å². The van der Waals surface area contributed by atoms with Crippen LogP contribution in [0.4, 0.5) is 5.69 Å². The quantitative estimate of drug-likeness (QED) is 0.101. The summed E-state index contributed by atoms with van der Waals surface area (Å²) in [5.41, 5.74) is 15.4. The first-order valence-corrected chi connectivity index (χ1v) is 24.4. The molecule has 0 heterocycles. The number of rotatable bonds is 14. The Morgan fingerprint density at radius 1 is 0.643 bits per heavy atom. The molecule has 0 saturated heterocycles. The van der Waals surface area contributed by atoms with Crippen molar-refractivity contribution >= 4 is 28.6 Å². The van der Waals surface area contributed by atoms with Crippen LogP contribution in [0.25, 0.3) is 22.3 Å². The first-order chi connectivity index (χ1) is 26.8. The van der Waals surface area contributed by atoms with Crippen molar-refractivity contribution in [2.75, 3.05) is 20.0 Å². The molecule has 0 spiro atoms. The highest BCUT2D eigenvalue weighted by atomic mass is 32.2. The van der Waals surface area contributed by atoms with Crippen molar-refractivity contribution in [1.82, 2.24) is 0 Å². The summed E-state index contributed by atoms with van der Waals surface area (Å²) in [6.07, 6.45) is 10.2. The molecule has 0 unspecified atom stereocenters. The van der Waals surface area contributed by atoms with Gasteiger partial charge in [-0.1, -0.05) is 109 Å². The van der Waals surface area contributed by atoms with Crippen LogP contribution >= 0.6 is 7.49 Å². The highest BCUT2D eigenvalue weighted by Gasteiger charge is 2.63. The number of ether oxygens (including phenoxy) is 2. The number of nitrogens with two attached hydrogens (primary N) is 1. The number of methoxy groups -OCH3 is 2. The Hall–Kier alpha value is -3.38. The molecule has 2 N–H and O–H groups in total. The van der Waals surface area contributed by atoms with Crippen LogP contribution in [0, 0.1) is 0 Å². The molecule has 4 aromatic carbocycles. The average Bonchev–Trinajstić information content (AvgIpc) is 3.19. The summed E-state index contributed by atoms with van der Waals surface area (Å²) in [7, 11) is -3.81. The summed E-state index contributed by atoms with van der Waals surface area (Å²) in [6, 6.07) is 24.2. The Bertz CT molecular complexity index is 2030. The number of benzene rings is 4. The van der Waals surface area contributed by atoms with E-state index in [-0.39, 0.29) is 28.9 Å². The van der Waals surface area contributed by atoms with E-state index in [4.69, 9.17) is 19.2 Å². The van der Waals surface area contributed by atoms with Crippen LogP contribution in [0.1, 0.15) is 146 Å². The van der Waals surface area contributed by atoms with Crippen molar-refractivity contribution in [3.8, 4) is 33.8 Å². The summed E-state index contributed by atoms with van der Waals surface area (Å²) in [6.45, 7) is 13.6. The zero-order valence-corrected chi connectivity index (χ0v) is 36.8.